The van der Waals surface area contributed by atoms with Crippen LogP contribution in [0.1, 0.15) is 29.7 Å². The smallest absolute Gasteiger partial charge is 0.180 e. The van der Waals surface area contributed by atoms with Crippen molar-refractivity contribution < 1.29 is 13.9 Å². The first-order valence-corrected chi connectivity index (χ1v) is 9.46. The molecule has 1 unspecified atom stereocenters. The summed E-state index contributed by atoms with van der Waals surface area (Å²) in [5.74, 6) is 0.771. The number of benzene rings is 3. The van der Waals surface area contributed by atoms with Gasteiger partial charge in [0.25, 0.3) is 0 Å². The number of nitrogens with one attached hydrogen (secondary N) is 1. The van der Waals surface area contributed by atoms with Crippen molar-refractivity contribution in [2.24, 2.45) is 0 Å². The molecule has 3 nitrogen and oxygen atoms in total. The van der Waals surface area contributed by atoms with E-state index >= 15 is 0 Å². The quantitative estimate of drug-likeness (QED) is 0.510. The summed E-state index contributed by atoms with van der Waals surface area (Å²) in [4.78, 5) is 0. The van der Waals surface area contributed by atoms with E-state index in [-0.39, 0.29) is 18.5 Å². The minimum Gasteiger partial charge on any atom is -0.493 e. The molecule has 0 aliphatic heterocycles. The molecule has 3 aromatic rings. The second-order valence-electron chi connectivity index (χ2n) is 6.54. The number of ether oxygens (including phenoxy) is 2. The number of methoxy groups -OCH3 is 1. The molecule has 0 spiro atoms. The predicted octanol–water partition coefficient (Wildman–Crippen LogP) is 5.92. The van der Waals surface area contributed by atoms with Crippen molar-refractivity contribution in [2.75, 3.05) is 7.11 Å². The summed E-state index contributed by atoms with van der Waals surface area (Å²) in [6.07, 6.45) is 0. The fraction of sp³-hybridized carbons (Fsp3) is 0.217. The molecule has 3 aromatic carbocycles. The van der Waals surface area contributed by atoms with Crippen LogP contribution in [0, 0.1) is 5.82 Å². The molecular weight excluding hydrogens is 377 g/mol. The third-order valence-electron chi connectivity index (χ3n) is 4.50. The maximum absolute atomic E-state index is 13.0. The maximum atomic E-state index is 13.0. The Kier molecular flexibility index (Phi) is 6.90. The van der Waals surface area contributed by atoms with Crippen LogP contribution < -0.4 is 14.8 Å². The van der Waals surface area contributed by atoms with Crippen molar-refractivity contribution in [3.63, 3.8) is 0 Å². The fourth-order valence-electron chi connectivity index (χ4n) is 2.88. The monoisotopic (exact) mass is 399 g/mol. The van der Waals surface area contributed by atoms with Crippen LogP contribution in [-0.4, -0.2) is 7.11 Å². The van der Waals surface area contributed by atoms with E-state index in [0.29, 0.717) is 23.1 Å². The van der Waals surface area contributed by atoms with Crippen LogP contribution >= 0.6 is 11.6 Å². The minimum atomic E-state index is -0.277. The molecule has 5 heteroatoms. The zero-order chi connectivity index (χ0) is 19.9. The van der Waals surface area contributed by atoms with Gasteiger partial charge >= 0.3 is 0 Å². The van der Waals surface area contributed by atoms with Crippen molar-refractivity contribution in [1.29, 1.82) is 0 Å². The van der Waals surface area contributed by atoms with Gasteiger partial charge in [0.1, 0.15) is 12.4 Å². The van der Waals surface area contributed by atoms with Crippen molar-refractivity contribution in [1.82, 2.24) is 5.32 Å². The molecular formula is C23H23ClFNO2. The largest absolute Gasteiger partial charge is 0.493 e. The Morgan fingerprint density at radius 1 is 1.00 bits per heavy atom. The average Bonchev–Trinajstić information content (AvgIpc) is 2.72. The van der Waals surface area contributed by atoms with Crippen molar-refractivity contribution in [3.8, 4) is 11.5 Å². The van der Waals surface area contributed by atoms with E-state index in [2.05, 4.69) is 24.4 Å². The van der Waals surface area contributed by atoms with Gasteiger partial charge in [-0.1, -0.05) is 54.1 Å². The summed E-state index contributed by atoms with van der Waals surface area (Å²) in [6, 6.07) is 20.4. The minimum absolute atomic E-state index is 0.209. The van der Waals surface area contributed by atoms with Crippen LogP contribution in [0.15, 0.2) is 66.7 Å². The van der Waals surface area contributed by atoms with Gasteiger partial charge in [0.2, 0.25) is 0 Å². The lowest BCUT2D eigenvalue weighted by Crippen LogP contribution is -2.18. The molecule has 1 atom stereocenters. The zero-order valence-electron chi connectivity index (χ0n) is 15.9. The van der Waals surface area contributed by atoms with Crippen LogP contribution in [0.2, 0.25) is 5.02 Å². The second-order valence-corrected chi connectivity index (χ2v) is 6.94. The molecule has 0 aliphatic rings. The number of halogens is 2. The Bertz CT molecular complexity index is 900. The Morgan fingerprint density at radius 2 is 1.71 bits per heavy atom. The van der Waals surface area contributed by atoms with Crippen LogP contribution in [-0.2, 0) is 13.2 Å². The van der Waals surface area contributed by atoms with Gasteiger partial charge in [-0.25, -0.2) is 4.39 Å². The normalized spacial score (nSPS) is 11.9. The second kappa shape index (κ2) is 9.58. The fourth-order valence-corrected chi connectivity index (χ4v) is 3.17. The third kappa shape index (κ3) is 5.24. The van der Waals surface area contributed by atoms with E-state index in [9.17, 15) is 4.39 Å². The van der Waals surface area contributed by atoms with Crippen LogP contribution in [0.25, 0.3) is 0 Å². The summed E-state index contributed by atoms with van der Waals surface area (Å²) in [6.45, 7) is 3.04. The number of hydrogen-bond acceptors (Lipinski definition) is 3. The molecule has 146 valence electrons. The molecule has 1 N–H and O–H groups in total. The summed E-state index contributed by atoms with van der Waals surface area (Å²) in [5.41, 5.74) is 3.07. The summed E-state index contributed by atoms with van der Waals surface area (Å²) in [5, 5.41) is 3.96. The highest BCUT2D eigenvalue weighted by Gasteiger charge is 2.13. The molecule has 0 aromatic heterocycles. The van der Waals surface area contributed by atoms with Gasteiger partial charge < -0.3 is 14.8 Å². The zero-order valence-corrected chi connectivity index (χ0v) is 16.7. The average molecular weight is 400 g/mol. The lowest BCUT2D eigenvalue weighted by Gasteiger charge is -2.17. The van der Waals surface area contributed by atoms with E-state index in [1.807, 2.05) is 30.3 Å². The summed E-state index contributed by atoms with van der Waals surface area (Å²) < 4.78 is 24.3. The highest BCUT2D eigenvalue weighted by Crippen LogP contribution is 2.37. The Morgan fingerprint density at radius 3 is 2.39 bits per heavy atom. The lowest BCUT2D eigenvalue weighted by atomic mass is 10.1. The first-order chi connectivity index (χ1) is 13.6. The highest BCUT2D eigenvalue weighted by molar-refractivity contribution is 6.32. The molecule has 0 aliphatic carbocycles. The molecule has 0 bridgehead atoms. The predicted molar refractivity (Wildman–Crippen MR) is 110 cm³/mol. The number of rotatable bonds is 8. The van der Waals surface area contributed by atoms with E-state index in [1.165, 1.54) is 17.7 Å². The Hall–Kier alpha value is -2.56. The van der Waals surface area contributed by atoms with Crippen LogP contribution in [0.4, 0.5) is 4.39 Å². The van der Waals surface area contributed by atoms with Gasteiger partial charge in [-0.2, -0.15) is 0 Å². The van der Waals surface area contributed by atoms with Gasteiger partial charge in [-0.05, 0) is 47.9 Å². The Labute approximate surface area is 170 Å². The maximum Gasteiger partial charge on any atom is 0.180 e. The number of hydrogen-bond donors (Lipinski definition) is 1. The summed E-state index contributed by atoms with van der Waals surface area (Å²) in [7, 11) is 1.58. The lowest BCUT2D eigenvalue weighted by molar-refractivity contribution is 0.284. The van der Waals surface area contributed by atoms with Crippen molar-refractivity contribution >= 4 is 11.6 Å². The topological polar surface area (TPSA) is 30.5 Å². The first kappa shape index (κ1) is 20.2. The molecule has 28 heavy (non-hydrogen) atoms. The molecule has 0 heterocycles. The first-order valence-electron chi connectivity index (χ1n) is 9.09. The van der Waals surface area contributed by atoms with Crippen LogP contribution in [0.3, 0.4) is 0 Å². The van der Waals surface area contributed by atoms with Gasteiger partial charge in [0.15, 0.2) is 11.5 Å². The molecule has 0 amide bonds. The Balaban J connectivity index is 1.67. The summed E-state index contributed by atoms with van der Waals surface area (Å²) >= 11 is 6.44. The van der Waals surface area contributed by atoms with Gasteiger partial charge in [-0.3, -0.25) is 0 Å². The third-order valence-corrected chi connectivity index (χ3v) is 4.78. The highest BCUT2D eigenvalue weighted by atomic mass is 35.5. The van der Waals surface area contributed by atoms with E-state index in [4.69, 9.17) is 21.1 Å². The van der Waals surface area contributed by atoms with Gasteiger partial charge in [-0.15, -0.1) is 0 Å². The standard InChI is InChI=1S/C23H23ClFNO2/c1-16(19-6-4-3-5-7-19)26-14-18-12-21(24)23(22(13-18)27-2)28-15-17-8-10-20(25)11-9-17/h3-13,16,26H,14-15H2,1-2H3. The molecule has 0 saturated carbocycles. The van der Waals surface area contributed by atoms with Crippen molar-refractivity contribution in [2.45, 2.75) is 26.1 Å². The SMILES string of the molecule is COc1cc(CNC(C)c2ccccc2)cc(Cl)c1OCc1ccc(F)cc1. The van der Waals surface area contributed by atoms with Crippen LogP contribution in [0.5, 0.6) is 11.5 Å². The molecule has 3 rings (SSSR count). The van der Waals surface area contributed by atoms with E-state index < -0.39 is 0 Å². The van der Waals surface area contributed by atoms with E-state index in [1.54, 1.807) is 19.2 Å². The van der Waals surface area contributed by atoms with Crippen molar-refractivity contribution in [3.05, 3.63) is 94.3 Å². The van der Waals surface area contributed by atoms with Gasteiger partial charge in [0.05, 0.1) is 12.1 Å². The molecule has 0 fully saturated rings. The van der Waals surface area contributed by atoms with Gasteiger partial charge in [0, 0.05) is 12.6 Å². The molecule has 0 saturated heterocycles. The van der Waals surface area contributed by atoms with E-state index in [0.717, 1.165) is 11.1 Å². The molecule has 0 radical (unpaired) electrons.